The Kier molecular flexibility index (Phi) is 6.67. The molecule has 0 radical (unpaired) electrons. The second-order valence-corrected chi connectivity index (χ2v) is 8.72. The molecule has 1 aromatic heterocycles. The molecule has 3 fully saturated rings. The van der Waals surface area contributed by atoms with Crippen LogP contribution in [0.4, 0.5) is 0 Å². The zero-order valence-corrected chi connectivity index (χ0v) is 17.6. The van der Waals surface area contributed by atoms with E-state index in [9.17, 15) is 9.59 Å². The summed E-state index contributed by atoms with van der Waals surface area (Å²) in [5, 5.41) is 3.40. The average molecular weight is 403 g/mol. The number of hydrogen-bond acceptors (Lipinski definition) is 5. The second kappa shape index (κ2) is 9.41. The number of nitrogens with one attached hydrogen (secondary N) is 1. The van der Waals surface area contributed by atoms with Crippen LogP contribution in [0.3, 0.4) is 0 Å². The smallest absolute Gasteiger partial charge is 0.263 e. The van der Waals surface area contributed by atoms with Crippen LogP contribution in [0.1, 0.15) is 41.6 Å². The van der Waals surface area contributed by atoms with Crippen molar-refractivity contribution in [3.63, 3.8) is 0 Å². The molecule has 4 heterocycles. The predicted molar refractivity (Wildman–Crippen MR) is 112 cm³/mol. The van der Waals surface area contributed by atoms with Crippen molar-refractivity contribution in [2.24, 2.45) is 5.92 Å². The van der Waals surface area contributed by atoms with E-state index in [-0.39, 0.29) is 11.5 Å². The molecule has 1 aromatic rings. The van der Waals surface area contributed by atoms with Gasteiger partial charge in [-0.1, -0.05) is 0 Å². The Bertz CT molecular complexity index is 758. The van der Waals surface area contributed by atoms with Gasteiger partial charge in [-0.2, -0.15) is 0 Å². The van der Waals surface area contributed by atoms with Crippen LogP contribution in [0.2, 0.25) is 0 Å². The Morgan fingerprint density at radius 2 is 1.93 bits per heavy atom. The number of morpholine rings is 1. The molecule has 0 saturated carbocycles. The van der Waals surface area contributed by atoms with E-state index in [0.717, 1.165) is 83.7 Å². The van der Waals surface area contributed by atoms with Crippen LogP contribution in [0.5, 0.6) is 0 Å². The minimum absolute atomic E-state index is 0.0935. The van der Waals surface area contributed by atoms with Crippen LogP contribution in [0.25, 0.3) is 0 Å². The summed E-state index contributed by atoms with van der Waals surface area (Å²) >= 11 is 0. The van der Waals surface area contributed by atoms with Crippen molar-refractivity contribution in [3.05, 3.63) is 33.7 Å². The molecule has 0 aromatic carbocycles. The van der Waals surface area contributed by atoms with Crippen molar-refractivity contribution >= 4 is 5.91 Å². The number of hydrogen-bond donors (Lipinski definition) is 1. The van der Waals surface area contributed by atoms with E-state index in [4.69, 9.17) is 4.74 Å². The molecule has 7 nitrogen and oxygen atoms in total. The van der Waals surface area contributed by atoms with Crippen molar-refractivity contribution < 1.29 is 9.53 Å². The van der Waals surface area contributed by atoms with Crippen LogP contribution in [-0.4, -0.2) is 78.8 Å². The van der Waals surface area contributed by atoms with Crippen LogP contribution in [0.15, 0.2) is 17.1 Å². The Morgan fingerprint density at radius 1 is 1.17 bits per heavy atom. The quantitative estimate of drug-likeness (QED) is 0.817. The van der Waals surface area contributed by atoms with Gasteiger partial charge in [-0.15, -0.1) is 0 Å². The zero-order chi connectivity index (χ0) is 20.2. The summed E-state index contributed by atoms with van der Waals surface area (Å²) in [6.45, 7) is 9.59. The van der Waals surface area contributed by atoms with Gasteiger partial charge in [0.05, 0.1) is 13.2 Å². The molecule has 3 aliphatic rings. The maximum Gasteiger partial charge on any atom is 0.263 e. The Labute approximate surface area is 173 Å². The van der Waals surface area contributed by atoms with Crippen molar-refractivity contribution in [2.75, 3.05) is 52.5 Å². The molecular weight excluding hydrogens is 368 g/mol. The molecule has 29 heavy (non-hydrogen) atoms. The number of aromatic nitrogens is 1. The highest BCUT2D eigenvalue weighted by atomic mass is 16.5. The van der Waals surface area contributed by atoms with E-state index >= 15 is 0 Å². The number of likely N-dealkylation sites (tertiary alicyclic amines) is 1. The fraction of sp³-hybridized carbons (Fsp3) is 0.727. The van der Waals surface area contributed by atoms with Gasteiger partial charge < -0.3 is 19.5 Å². The van der Waals surface area contributed by atoms with Crippen LogP contribution < -0.4 is 10.9 Å². The lowest BCUT2D eigenvalue weighted by Gasteiger charge is -2.40. The molecule has 0 bridgehead atoms. The van der Waals surface area contributed by atoms with Gasteiger partial charge in [0.1, 0.15) is 5.56 Å². The molecule has 1 amide bonds. The van der Waals surface area contributed by atoms with Gasteiger partial charge in [-0.05, 0) is 63.2 Å². The average Bonchev–Trinajstić information content (AvgIpc) is 2.77. The topological polar surface area (TPSA) is 66.8 Å². The van der Waals surface area contributed by atoms with E-state index in [1.807, 2.05) is 24.1 Å². The summed E-state index contributed by atoms with van der Waals surface area (Å²) < 4.78 is 7.20. The lowest BCUT2D eigenvalue weighted by molar-refractivity contribution is 0.00155. The van der Waals surface area contributed by atoms with Gasteiger partial charge in [0.15, 0.2) is 0 Å². The summed E-state index contributed by atoms with van der Waals surface area (Å²) in [6, 6.07) is 2.45. The normalized spacial score (nSPS) is 24.6. The minimum Gasteiger partial charge on any atom is -0.379 e. The third-order valence-corrected chi connectivity index (χ3v) is 6.76. The molecule has 0 aliphatic carbocycles. The van der Waals surface area contributed by atoms with Crippen molar-refractivity contribution in [2.45, 2.75) is 45.2 Å². The number of ether oxygens (including phenoxy) is 1. The second-order valence-electron chi connectivity index (χ2n) is 8.72. The molecule has 7 heteroatoms. The minimum atomic E-state index is -0.129. The van der Waals surface area contributed by atoms with E-state index in [1.165, 1.54) is 0 Å². The monoisotopic (exact) mass is 402 g/mol. The molecule has 160 valence electrons. The van der Waals surface area contributed by atoms with Gasteiger partial charge in [0.25, 0.3) is 11.5 Å². The van der Waals surface area contributed by atoms with Gasteiger partial charge in [0, 0.05) is 45.0 Å². The summed E-state index contributed by atoms with van der Waals surface area (Å²) in [4.78, 5) is 30.7. The fourth-order valence-electron chi connectivity index (χ4n) is 4.96. The number of carbonyl (C=O) groups excluding carboxylic acids is 1. The number of amides is 1. The largest absolute Gasteiger partial charge is 0.379 e. The molecule has 4 rings (SSSR count). The zero-order valence-electron chi connectivity index (χ0n) is 17.6. The highest BCUT2D eigenvalue weighted by Crippen LogP contribution is 2.20. The molecular formula is C22H34N4O3. The lowest BCUT2D eigenvalue weighted by Crippen LogP contribution is -2.50. The van der Waals surface area contributed by atoms with E-state index in [0.29, 0.717) is 24.1 Å². The van der Waals surface area contributed by atoms with Gasteiger partial charge in [-0.25, -0.2) is 0 Å². The summed E-state index contributed by atoms with van der Waals surface area (Å²) in [5.41, 5.74) is 1.02. The summed E-state index contributed by atoms with van der Waals surface area (Å²) in [5.74, 6) is 0.362. The van der Waals surface area contributed by atoms with E-state index in [1.54, 1.807) is 4.57 Å². The van der Waals surface area contributed by atoms with Crippen LogP contribution >= 0.6 is 0 Å². The maximum absolute atomic E-state index is 13.2. The van der Waals surface area contributed by atoms with Crippen molar-refractivity contribution in [1.29, 1.82) is 0 Å². The number of rotatable bonds is 4. The Balaban J connectivity index is 1.43. The maximum atomic E-state index is 13.2. The lowest BCUT2D eigenvalue weighted by atomic mass is 9.99. The third kappa shape index (κ3) is 4.73. The van der Waals surface area contributed by atoms with Crippen LogP contribution in [-0.2, 0) is 11.3 Å². The number of pyridine rings is 1. The number of piperidine rings is 2. The third-order valence-electron chi connectivity index (χ3n) is 6.76. The highest BCUT2D eigenvalue weighted by Gasteiger charge is 2.30. The first-order valence-corrected chi connectivity index (χ1v) is 11.2. The molecule has 0 spiro atoms. The van der Waals surface area contributed by atoms with Crippen molar-refractivity contribution in [1.82, 2.24) is 19.7 Å². The molecule has 3 saturated heterocycles. The first kappa shape index (κ1) is 20.6. The predicted octanol–water partition coefficient (Wildman–Crippen LogP) is 1.09. The summed E-state index contributed by atoms with van der Waals surface area (Å²) in [7, 11) is 0. The standard InChI is InChI=1S/C22H34N4O3/c1-17-4-8-26(16-18-3-2-7-23-15-18)22(28)20(17)21(27)25-9-5-19(6-10-25)24-11-13-29-14-12-24/h4,8,18-19,23H,2-3,5-7,9-16H2,1H3. The van der Waals surface area contributed by atoms with Gasteiger partial charge in [0.2, 0.25) is 0 Å². The molecule has 1 unspecified atom stereocenters. The van der Waals surface area contributed by atoms with Gasteiger partial charge in [-0.3, -0.25) is 14.5 Å². The SMILES string of the molecule is Cc1ccn(CC2CCCNC2)c(=O)c1C(=O)N1CCC(N2CCOCC2)CC1. The van der Waals surface area contributed by atoms with Gasteiger partial charge >= 0.3 is 0 Å². The molecule has 3 aliphatic heterocycles. The molecule has 1 atom stereocenters. The van der Waals surface area contributed by atoms with Crippen molar-refractivity contribution in [3.8, 4) is 0 Å². The number of aryl methyl sites for hydroxylation is 1. The molecule has 1 N–H and O–H groups in total. The fourth-order valence-corrected chi connectivity index (χ4v) is 4.96. The number of carbonyl (C=O) groups is 1. The first-order valence-electron chi connectivity index (χ1n) is 11.2. The summed E-state index contributed by atoms with van der Waals surface area (Å²) in [6.07, 6.45) is 6.08. The first-order chi connectivity index (χ1) is 14.1. The van der Waals surface area contributed by atoms with Crippen LogP contribution in [0, 0.1) is 12.8 Å². The van der Waals surface area contributed by atoms with E-state index in [2.05, 4.69) is 10.2 Å². The van der Waals surface area contributed by atoms with E-state index < -0.39 is 0 Å². The number of nitrogens with zero attached hydrogens (tertiary/aromatic N) is 3. The highest BCUT2D eigenvalue weighted by molar-refractivity contribution is 5.95. The Hall–Kier alpha value is -1.70. The Morgan fingerprint density at radius 3 is 2.62 bits per heavy atom.